The number of piperazine rings is 1. The average Bonchev–Trinajstić information content (AvgIpc) is 2.67. The molecule has 6 nitrogen and oxygen atoms in total. The minimum atomic E-state index is -0.684. The minimum absolute atomic E-state index is 0.151. The van der Waals surface area contributed by atoms with Crippen LogP contribution in [0, 0.1) is 0 Å². The van der Waals surface area contributed by atoms with Gasteiger partial charge in [0, 0.05) is 18.1 Å². The Kier molecular flexibility index (Phi) is 5.63. The van der Waals surface area contributed by atoms with Gasteiger partial charge < -0.3 is 19.7 Å². The Morgan fingerprint density at radius 3 is 2.46 bits per heavy atom. The molecule has 0 bridgehead atoms. The quantitative estimate of drug-likeness (QED) is 0.872. The molecule has 0 radical (unpaired) electrons. The lowest BCUT2D eigenvalue weighted by molar-refractivity contribution is -0.145. The summed E-state index contributed by atoms with van der Waals surface area (Å²) in [6.45, 7) is 0.686. The van der Waals surface area contributed by atoms with Gasteiger partial charge in [0.1, 0.15) is 17.5 Å². The topological polar surface area (TPSA) is 67.9 Å². The van der Waals surface area contributed by atoms with E-state index < -0.39 is 6.04 Å². The molecule has 1 N–H and O–H groups in total. The molecule has 1 saturated heterocycles. The summed E-state index contributed by atoms with van der Waals surface area (Å²) in [6, 6.07) is 13.2. The van der Waals surface area contributed by atoms with Gasteiger partial charge in [-0.15, -0.1) is 0 Å². The molecule has 2 amide bonds. The van der Waals surface area contributed by atoms with Crippen molar-refractivity contribution in [1.29, 1.82) is 0 Å². The highest BCUT2D eigenvalue weighted by Gasteiger charge is 2.34. The third-order valence-corrected chi connectivity index (χ3v) is 4.39. The Hall–Kier alpha value is -2.73. The molecule has 1 aliphatic heterocycles. The zero-order valence-corrected chi connectivity index (χ0v) is 15.0. The molecule has 1 aliphatic rings. The molecule has 2 aromatic rings. The Balaban J connectivity index is 1.73. The molecule has 0 aromatic heterocycles. The van der Waals surface area contributed by atoms with Gasteiger partial charge in [0.25, 0.3) is 5.91 Å². The number of ether oxygens (including phenoxy) is 2. The minimum Gasteiger partial charge on any atom is -0.497 e. The lowest BCUT2D eigenvalue weighted by atomic mass is 10.0. The second kappa shape index (κ2) is 8.10. The molecular weight excluding hydrogens is 356 g/mol. The maximum Gasteiger partial charge on any atom is 0.261 e. The first kappa shape index (κ1) is 18.1. The molecule has 3 rings (SSSR count). The van der Waals surface area contributed by atoms with Gasteiger partial charge in [0.2, 0.25) is 5.91 Å². The van der Waals surface area contributed by atoms with E-state index in [1.807, 2.05) is 0 Å². The molecule has 1 fully saturated rings. The molecule has 1 heterocycles. The number of rotatable bonds is 5. The number of hydrogen-bond donors (Lipinski definition) is 1. The Morgan fingerprint density at radius 2 is 1.81 bits per heavy atom. The molecule has 7 heteroatoms. The number of methoxy groups -OCH3 is 1. The van der Waals surface area contributed by atoms with Gasteiger partial charge in [-0.2, -0.15) is 0 Å². The number of carbonyl (C=O) groups is 2. The molecule has 0 spiro atoms. The van der Waals surface area contributed by atoms with Crippen LogP contribution in [-0.2, 0) is 9.59 Å². The van der Waals surface area contributed by atoms with Crippen molar-refractivity contribution >= 4 is 23.4 Å². The summed E-state index contributed by atoms with van der Waals surface area (Å²) in [5, 5.41) is 3.40. The molecule has 1 atom stereocenters. The van der Waals surface area contributed by atoms with E-state index in [1.165, 1.54) is 4.90 Å². The van der Waals surface area contributed by atoms with Crippen LogP contribution in [0.5, 0.6) is 11.5 Å². The molecule has 1 unspecified atom stereocenters. The van der Waals surface area contributed by atoms with Crippen LogP contribution in [0.1, 0.15) is 11.6 Å². The van der Waals surface area contributed by atoms with Gasteiger partial charge >= 0.3 is 0 Å². The summed E-state index contributed by atoms with van der Waals surface area (Å²) in [4.78, 5) is 26.6. The van der Waals surface area contributed by atoms with E-state index >= 15 is 0 Å². The lowest BCUT2D eigenvalue weighted by Gasteiger charge is -2.35. The van der Waals surface area contributed by atoms with Crippen molar-refractivity contribution in [3.63, 3.8) is 0 Å². The van der Waals surface area contributed by atoms with Gasteiger partial charge in [-0.3, -0.25) is 9.59 Å². The van der Waals surface area contributed by atoms with Crippen molar-refractivity contribution < 1.29 is 19.1 Å². The first-order chi connectivity index (χ1) is 12.6. The predicted octanol–water partition coefficient (Wildman–Crippen LogP) is 2.43. The third-order valence-electron chi connectivity index (χ3n) is 4.14. The zero-order chi connectivity index (χ0) is 18.5. The second-order valence-electron chi connectivity index (χ2n) is 5.80. The fourth-order valence-electron chi connectivity index (χ4n) is 2.81. The van der Waals surface area contributed by atoms with Crippen LogP contribution in [-0.4, -0.2) is 43.5 Å². The van der Waals surface area contributed by atoms with Gasteiger partial charge in [-0.1, -0.05) is 23.7 Å². The summed E-state index contributed by atoms with van der Waals surface area (Å²) in [5.74, 6) is 0.774. The lowest BCUT2D eigenvalue weighted by Crippen LogP contribution is -2.53. The van der Waals surface area contributed by atoms with Gasteiger partial charge in [-0.05, 0) is 42.0 Å². The largest absolute Gasteiger partial charge is 0.497 e. The Labute approximate surface area is 156 Å². The highest BCUT2D eigenvalue weighted by molar-refractivity contribution is 6.30. The van der Waals surface area contributed by atoms with Crippen molar-refractivity contribution in [2.45, 2.75) is 6.04 Å². The number of benzene rings is 2. The van der Waals surface area contributed by atoms with Crippen LogP contribution < -0.4 is 14.8 Å². The number of nitrogens with zero attached hydrogens (tertiary/aromatic N) is 1. The van der Waals surface area contributed by atoms with Crippen molar-refractivity contribution in [2.24, 2.45) is 0 Å². The first-order valence-electron chi connectivity index (χ1n) is 8.18. The average molecular weight is 375 g/mol. The number of carbonyl (C=O) groups excluding carboxylic acids is 2. The third kappa shape index (κ3) is 4.08. The first-order valence-corrected chi connectivity index (χ1v) is 8.56. The number of amides is 2. The van der Waals surface area contributed by atoms with Gasteiger partial charge in [0.05, 0.1) is 7.11 Å². The van der Waals surface area contributed by atoms with E-state index in [0.717, 1.165) is 5.56 Å². The summed E-state index contributed by atoms with van der Waals surface area (Å²) in [5.41, 5.74) is 0.725. The van der Waals surface area contributed by atoms with Crippen LogP contribution in [0.2, 0.25) is 5.02 Å². The van der Waals surface area contributed by atoms with Crippen LogP contribution in [0.4, 0.5) is 0 Å². The molecule has 0 aliphatic carbocycles. The SMILES string of the molecule is COc1ccc(C2C(=O)NCCN2C(=O)COc2ccc(Cl)cc2)cc1. The number of halogens is 1. The number of nitrogens with one attached hydrogen (secondary N) is 1. The van der Waals surface area contributed by atoms with E-state index in [-0.39, 0.29) is 18.4 Å². The van der Waals surface area contributed by atoms with Gasteiger partial charge in [0.15, 0.2) is 6.61 Å². The standard InChI is InChI=1S/C19H19ClN2O4/c1-25-15-6-2-13(3-7-15)18-19(24)21-10-11-22(18)17(23)12-26-16-8-4-14(20)5-9-16/h2-9,18H,10-12H2,1H3,(H,21,24). The van der Waals surface area contributed by atoms with Crippen LogP contribution >= 0.6 is 11.6 Å². The van der Waals surface area contributed by atoms with Crippen molar-refractivity contribution in [1.82, 2.24) is 10.2 Å². The normalized spacial score (nSPS) is 16.8. The predicted molar refractivity (Wildman–Crippen MR) is 97.4 cm³/mol. The maximum atomic E-state index is 12.7. The Bertz CT molecular complexity index is 777. The highest BCUT2D eigenvalue weighted by atomic mass is 35.5. The van der Waals surface area contributed by atoms with E-state index in [9.17, 15) is 9.59 Å². The highest BCUT2D eigenvalue weighted by Crippen LogP contribution is 2.25. The molecule has 2 aromatic carbocycles. The monoisotopic (exact) mass is 374 g/mol. The van der Waals surface area contributed by atoms with Crippen molar-refractivity contribution in [3.8, 4) is 11.5 Å². The van der Waals surface area contributed by atoms with Crippen LogP contribution in [0.3, 0.4) is 0 Å². The number of hydrogen-bond acceptors (Lipinski definition) is 4. The maximum absolute atomic E-state index is 12.7. The molecule has 0 saturated carbocycles. The molecule has 26 heavy (non-hydrogen) atoms. The zero-order valence-electron chi connectivity index (χ0n) is 14.3. The summed E-state index contributed by atoms with van der Waals surface area (Å²) >= 11 is 5.84. The summed E-state index contributed by atoms with van der Waals surface area (Å²) in [6.07, 6.45) is 0. The van der Waals surface area contributed by atoms with Crippen LogP contribution in [0.25, 0.3) is 0 Å². The van der Waals surface area contributed by atoms with E-state index in [1.54, 1.807) is 55.6 Å². The second-order valence-corrected chi connectivity index (χ2v) is 6.23. The fraction of sp³-hybridized carbons (Fsp3) is 0.263. The summed E-state index contributed by atoms with van der Waals surface area (Å²) in [7, 11) is 1.58. The van der Waals surface area contributed by atoms with E-state index in [2.05, 4.69) is 5.32 Å². The van der Waals surface area contributed by atoms with Crippen molar-refractivity contribution in [3.05, 3.63) is 59.1 Å². The molecular formula is C19H19ClN2O4. The van der Waals surface area contributed by atoms with Crippen LogP contribution in [0.15, 0.2) is 48.5 Å². The summed E-state index contributed by atoms with van der Waals surface area (Å²) < 4.78 is 10.7. The van der Waals surface area contributed by atoms with Gasteiger partial charge in [-0.25, -0.2) is 0 Å². The van der Waals surface area contributed by atoms with Crippen molar-refractivity contribution in [2.75, 3.05) is 26.8 Å². The Morgan fingerprint density at radius 1 is 1.15 bits per heavy atom. The fourth-order valence-corrected chi connectivity index (χ4v) is 2.94. The smallest absolute Gasteiger partial charge is 0.261 e. The molecule has 136 valence electrons. The van der Waals surface area contributed by atoms with E-state index in [0.29, 0.717) is 29.6 Å². The van der Waals surface area contributed by atoms with E-state index in [4.69, 9.17) is 21.1 Å².